The molecule has 0 aliphatic carbocycles. The summed E-state index contributed by atoms with van der Waals surface area (Å²) in [5.74, 6) is 2.31. The van der Waals surface area contributed by atoms with E-state index in [1.165, 1.54) is 11.1 Å². The molecule has 2 aromatic heterocycles. The number of nitrogens with one attached hydrogen (secondary N) is 1. The van der Waals surface area contributed by atoms with Crippen molar-refractivity contribution in [2.24, 2.45) is 0 Å². The van der Waals surface area contributed by atoms with E-state index in [-0.39, 0.29) is 0 Å². The highest BCUT2D eigenvalue weighted by atomic mass is 79.9. The van der Waals surface area contributed by atoms with Crippen LogP contribution in [-0.2, 0) is 6.54 Å². The van der Waals surface area contributed by atoms with E-state index in [0.29, 0.717) is 5.92 Å². The molecule has 0 bridgehead atoms. The van der Waals surface area contributed by atoms with Crippen LogP contribution in [0.1, 0.15) is 37.8 Å². The van der Waals surface area contributed by atoms with Crippen LogP contribution in [0, 0.1) is 0 Å². The fourth-order valence-corrected chi connectivity index (χ4v) is 3.51. The van der Waals surface area contributed by atoms with Gasteiger partial charge in [0, 0.05) is 25.7 Å². The fraction of sp³-hybridized carbons (Fsp3) is 0.467. The van der Waals surface area contributed by atoms with Gasteiger partial charge in [-0.2, -0.15) is 0 Å². The van der Waals surface area contributed by atoms with Gasteiger partial charge in [0.25, 0.3) is 0 Å². The molecule has 0 saturated heterocycles. The molecule has 6 heteroatoms. The van der Waals surface area contributed by atoms with E-state index in [1.807, 2.05) is 0 Å². The van der Waals surface area contributed by atoms with Crippen molar-refractivity contribution in [2.75, 3.05) is 23.8 Å². The first-order chi connectivity index (χ1) is 10.0. The summed E-state index contributed by atoms with van der Waals surface area (Å²) in [6, 6.07) is 2.16. The average Bonchev–Trinajstić information content (AvgIpc) is 2.84. The largest absolute Gasteiger partial charge is 0.370 e. The van der Waals surface area contributed by atoms with Crippen LogP contribution in [0.4, 0.5) is 11.6 Å². The highest BCUT2D eigenvalue weighted by molar-refractivity contribution is 9.11. The van der Waals surface area contributed by atoms with Crippen molar-refractivity contribution in [3.63, 3.8) is 0 Å². The summed E-state index contributed by atoms with van der Waals surface area (Å²) in [4.78, 5) is 11.1. The second kappa shape index (κ2) is 7.22. The summed E-state index contributed by atoms with van der Waals surface area (Å²) in [5, 5.41) is 5.51. The molecule has 2 heterocycles. The van der Waals surface area contributed by atoms with Gasteiger partial charge in [-0.05, 0) is 45.8 Å². The van der Waals surface area contributed by atoms with Crippen LogP contribution in [0.2, 0.25) is 0 Å². The summed E-state index contributed by atoms with van der Waals surface area (Å²) in [7, 11) is 2.08. The van der Waals surface area contributed by atoms with E-state index in [1.54, 1.807) is 17.7 Å². The molecule has 21 heavy (non-hydrogen) atoms. The van der Waals surface area contributed by atoms with Crippen molar-refractivity contribution in [1.29, 1.82) is 0 Å². The van der Waals surface area contributed by atoms with Gasteiger partial charge in [0.1, 0.15) is 18.0 Å². The number of anilines is 2. The minimum absolute atomic E-state index is 0.368. The van der Waals surface area contributed by atoms with Gasteiger partial charge in [-0.1, -0.05) is 13.8 Å². The van der Waals surface area contributed by atoms with Crippen LogP contribution >= 0.6 is 27.3 Å². The molecule has 0 aromatic carbocycles. The topological polar surface area (TPSA) is 41.1 Å². The van der Waals surface area contributed by atoms with E-state index >= 15 is 0 Å². The van der Waals surface area contributed by atoms with Gasteiger partial charge in [-0.3, -0.25) is 0 Å². The SMILES string of the molecule is CCNc1ncnc(N(C)Cc2csc(Br)c2)c1C(C)C. The molecule has 0 radical (unpaired) electrons. The Balaban J connectivity index is 2.31. The number of rotatable bonds is 6. The Morgan fingerprint density at radius 1 is 1.38 bits per heavy atom. The van der Waals surface area contributed by atoms with Gasteiger partial charge in [-0.15, -0.1) is 11.3 Å². The molecule has 0 spiro atoms. The Labute approximate surface area is 138 Å². The molecule has 2 rings (SSSR count). The van der Waals surface area contributed by atoms with Crippen molar-refractivity contribution >= 4 is 38.9 Å². The number of hydrogen-bond acceptors (Lipinski definition) is 5. The molecule has 0 fully saturated rings. The third-order valence-corrected chi connectivity index (χ3v) is 4.74. The summed E-state index contributed by atoms with van der Waals surface area (Å²) < 4.78 is 1.16. The number of thiophene rings is 1. The minimum Gasteiger partial charge on any atom is -0.370 e. The van der Waals surface area contributed by atoms with Gasteiger partial charge < -0.3 is 10.2 Å². The first-order valence-electron chi connectivity index (χ1n) is 7.05. The summed E-state index contributed by atoms with van der Waals surface area (Å²) in [6.07, 6.45) is 1.64. The van der Waals surface area contributed by atoms with E-state index in [9.17, 15) is 0 Å². The van der Waals surface area contributed by atoms with Crippen LogP contribution in [0.25, 0.3) is 0 Å². The van der Waals surface area contributed by atoms with E-state index in [0.717, 1.165) is 28.5 Å². The van der Waals surface area contributed by atoms with Crippen LogP contribution in [0.3, 0.4) is 0 Å². The van der Waals surface area contributed by atoms with Crippen LogP contribution in [0.5, 0.6) is 0 Å². The second-order valence-corrected chi connectivity index (χ2v) is 7.55. The molecular formula is C15H21BrN4S. The lowest BCUT2D eigenvalue weighted by molar-refractivity contribution is 0.809. The molecule has 2 aromatic rings. The number of hydrogen-bond donors (Lipinski definition) is 1. The average molecular weight is 369 g/mol. The minimum atomic E-state index is 0.368. The van der Waals surface area contributed by atoms with Crippen molar-refractivity contribution in [3.8, 4) is 0 Å². The maximum Gasteiger partial charge on any atom is 0.137 e. The summed E-state index contributed by atoms with van der Waals surface area (Å²) >= 11 is 5.22. The fourth-order valence-electron chi connectivity index (χ4n) is 2.31. The van der Waals surface area contributed by atoms with E-state index in [4.69, 9.17) is 0 Å². The quantitative estimate of drug-likeness (QED) is 0.815. The molecular weight excluding hydrogens is 348 g/mol. The second-order valence-electron chi connectivity index (χ2n) is 5.26. The zero-order valence-electron chi connectivity index (χ0n) is 12.9. The smallest absolute Gasteiger partial charge is 0.137 e. The Kier molecular flexibility index (Phi) is 5.58. The predicted molar refractivity (Wildman–Crippen MR) is 94.4 cm³/mol. The maximum absolute atomic E-state index is 4.51. The first kappa shape index (κ1) is 16.2. The van der Waals surface area contributed by atoms with Crippen LogP contribution in [-0.4, -0.2) is 23.6 Å². The van der Waals surface area contributed by atoms with Gasteiger partial charge in [-0.25, -0.2) is 9.97 Å². The molecule has 0 saturated carbocycles. The van der Waals surface area contributed by atoms with E-state index in [2.05, 4.69) is 75.4 Å². The molecule has 0 aliphatic rings. The lowest BCUT2D eigenvalue weighted by Crippen LogP contribution is -2.21. The van der Waals surface area contributed by atoms with Crippen molar-refractivity contribution in [2.45, 2.75) is 33.2 Å². The number of nitrogens with zero attached hydrogens (tertiary/aromatic N) is 3. The first-order valence-corrected chi connectivity index (χ1v) is 8.73. The van der Waals surface area contributed by atoms with Gasteiger partial charge >= 0.3 is 0 Å². The molecule has 0 amide bonds. The highest BCUT2D eigenvalue weighted by Crippen LogP contribution is 2.31. The third-order valence-electron chi connectivity index (χ3n) is 3.19. The Bertz CT molecular complexity index is 597. The Hall–Kier alpha value is -1.14. The lowest BCUT2D eigenvalue weighted by atomic mass is 10.0. The molecule has 114 valence electrons. The van der Waals surface area contributed by atoms with Crippen LogP contribution < -0.4 is 10.2 Å². The summed E-state index contributed by atoms with van der Waals surface area (Å²) in [5.41, 5.74) is 2.46. The summed E-state index contributed by atoms with van der Waals surface area (Å²) in [6.45, 7) is 8.14. The van der Waals surface area contributed by atoms with Gasteiger partial charge in [0.05, 0.1) is 3.79 Å². The van der Waals surface area contributed by atoms with Crippen LogP contribution in [0.15, 0.2) is 21.6 Å². The van der Waals surface area contributed by atoms with Gasteiger partial charge in [0.15, 0.2) is 0 Å². The number of aromatic nitrogens is 2. The molecule has 4 nitrogen and oxygen atoms in total. The number of halogens is 1. The molecule has 0 unspecified atom stereocenters. The Morgan fingerprint density at radius 3 is 2.71 bits per heavy atom. The zero-order chi connectivity index (χ0) is 15.4. The Morgan fingerprint density at radius 2 is 2.14 bits per heavy atom. The van der Waals surface area contributed by atoms with Crippen molar-refractivity contribution < 1.29 is 0 Å². The molecule has 0 aliphatic heterocycles. The predicted octanol–water partition coefficient (Wildman–Crippen LogP) is 4.49. The molecule has 0 atom stereocenters. The third kappa shape index (κ3) is 3.95. The van der Waals surface area contributed by atoms with Crippen molar-refractivity contribution in [3.05, 3.63) is 32.7 Å². The van der Waals surface area contributed by atoms with E-state index < -0.39 is 0 Å². The maximum atomic E-state index is 4.51. The zero-order valence-corrected chi connectivity index (χ0v) is 15.3. The highest BCUT2D eigenvalue weighted by Gasteiger charge is 2.17. The standard InChI is InChI=1S/C15H21BrN4S/c1-5-17-14-13(10(2)3)15(19-9-18-14)20(4)7-11-6-12(16)21-8-11/h6,8-10H,5,7H2,1-4H3,(H,17,18,19). The normalized spacial score (nSPS) is 11.0. The monoisotopic (exact) mass is 368 g/mol. The van der Waals surface area contributed by atoms with Gasteiger partial charge in [0.2, 0.25) is 0 Å². The lowest BCUT2D eigenvalue weighted by Gasteiger charge is -2.24. The molecule has 1 N–H and O–H groups in total. The van der Waals surface area contributed by atoms with Crippen molar-refractivity contribution in [1.82, 2.24) is 9.97 Å².